The molecule has 0 unspecified atom stereocenters. The highest BCUT2D eigenvalue weighted by molar-refractivity contribution is 9.10. The molecule has 0 atom stereocenters. The molecule has 1 aromatic carbocycles. The van der Waals surface area contributed by atoms with E-state index in [1.54, 1.807) is 16.8 Å². The van der Waals surface area contributed by atoms with Crippen molar-refractivity contribution in [2.24, 2.45) is 10.2 Å². The number of pyridine rings is 1. The minimum atomic E-state index is -0.525. The van der Waals surface area contributed by atoms with Crippen molar-refractivity contribution >= 4 is 54.4 Å². The molecule has 0 bridgehead atoms. The molecule has 0 aliphatic heterocycles. The number of fused-ring (bicyclic) bond motifs is 1. The van der Waals surface area contributed by atoms with Crippen LogP contribution in [0.2, 0.25) is 0 Å². The van der Waals surface area contributed by atoms with E-state index in [-0.39, 0.29) is 11.6 Å². The van der Waals surface area contributed by atoms with Crippen LogP contribution in [0.25, 0.3) is 10.9 Å². The molecule has 26 heavy (non-hydrogen) atoms. The molecule has 1 N–H and O–H groups in total. The van der Waals surface area contributed by atoms with Crippen molar-refractivity contribution in [3.8, 4) is 5.88 Å². The summed E-state index contributed by atoms with van der Waals surface area (Å²) in [6, 6.07) is 7.30. The van der Waals surface area contributed by atoms with Gasteiger partial charge in [-0.05, 0) is 46.6 Å². The van der Waals surface area contributed by atoms with Gasteiger partial charge in [0.15, 0.2) is 5.69 Å². The summed E-state index contributed by atoms with van der Waals surface area (Å²) >= 11 is 6.70. The van der Waals surface area contributed by atoms with E-state index in [2.05, 4.69) is 54.0 Å². The van der Waals surface area contributed by atoms with E-state index < -0.39 is 5.91 Å². The van der Waals surface area contributed by atoms with E-state index in [1.807, 2.05) is 18.2 Å². The molecule has 2 heterocycles. The number of aromatic nitrogens is 2. The van der Waals surface area contributed by atoms with Gasteiger partial charge in [-0.1, -0.05) is 29.3 Å². The Bertz CT molecular complexity index is 998. The van der Waals surface area contributed by atoms with Gasteiger partial charge in [0.2, 0.25) is 5.88 Å². The highest BCUT2D eigenvalue weighted by Gasteiger charge is 2.17. The second-order valence-corrected chi connectivity index (χ2v) is 7.57. The van der Waals surface area contributed by atoms with Crippen LogP contribution in [-0.2, 0) is 6.54 Å². The van der Waals surface area contributed by atoms with Crippen LogP contribution in [0.4, 0.5) is 5.69 Å². The first kappa shape index (κ1) is 18.7. The average Bonchev–Trinajstić information content (AvgIpc) is 2.88. The fraction of sp³-hybridized carbons (Fsp3) is 0.222. The van der Waals surface area contributed by atoms with Crippen molar-refractivity contribution in [2.75, 3.05) is 0 Å². The second-order valence-electron chi connectivity index (χ2n) is 5.74. The monoisotopic (exact) mass is 478 g/mol. The number of unbranched alkanes of at least 4 members (excludes halogenated alkanes) is 1. The van der Waals surface area contributed by atoms with E-state index in [9.17, 15) is 9.90 Å². The molecule has 0 aliphatic rings. The molecule has 6 nitrogen and oxygen atoms in total. The number of carbonyl (C=O) groups is 1. The van der Waals surface area contributed by atoms with Crippen molar-refractivity contribution in [3.05, 3.63) is 51.2 Å². The Labute approximate surface area is 167 Å². The smallest absolute Gasteiger partial charge is 0.297 e. The van der Waals surface area contributed by atoms with E-state index in [1.165, 1.54) is 6.20 Å². The molecule has 0 spiro atoms. The van der Waals surface area contributed by atoms with Gasteiger partial charge in [0, 0.05) is 33.3 Å². The number of azo groups is 1. The lowest BCUT2D eigenvalue weighted by Gasteiger charge is -2.05. The average molecular weight is 480 g/mol. The molecule has 134 valence electrons. The molecule has 2 aromatic heterocycles. The van der Waals surface area contributed by atoms with Gasteiger partial charge < -0.3 is 9.67 Å². The summed E-state index contributed by atoms with van der Waals surface area (Å²) in [5.41, 5.74) is 1.46. The first-order valence-corrected chi connectivity index (χ1v) is 9.67. The Morgan fingerprint density at radius 3 is 2.77 bits per heavy atom. The third kappa shape index (κ3) is 3.86. The topological polar surface area (TPSA) is 79.8 Å². The van der Waals surface area contributed by atoms with Crippen molar-refractivity contribution in [1.29, 1.82) is 0 Å². The van der Waals surface area contributed by atoms with Crippen LogP contribution in [0.15, 0.2) is 55.8 Å². The zero-order chi connectivity index (χ0) is 18.7. The lowest BCUT2D eigenvalue weighted by Crippen LogP contribution is -1.96. The lowest BCUT2D eigenvalue weighted by atomic mass is 10.2. The number of aromatic hydroxyl groups is 1. The Kier molecular flexibility index (Phi) is 5.83. The summed E-state index contributed by atoms with van der Waals surface area (Å²) in [6.07, 6.45) is 4.93. The van der Waals surface area contributed by atoms with Gasteiger partial charge in [0.25, 0.3) is 5.91 Å². The summed E-state index contributed by atoms with van der Waals surface area (Å²) in [6.45, 7) is 2.75. The Hall–Kier alpha value is -2.06. The highest BCUT2D eigenvalue weighted by Crippen LogP contribution is 2.40. The number of benzene rings is 1. The quantitative estimate of drug-likeness (QED) is 0.456. The Morgan fingerprint density at radius 2 is 2.04 bits per heavy atom. The van der Waals surface area contributed by atoms with Crippen LogP contribution < -0.4 is 0 Å². The molecule has 3 rings (SSSR count). The van der Waals surface area contributed by atoms with Gasteiger partial charge in [-0.2, -0.15) is 0 Å². The first-order chi connectivity index (χ1) is 12.5. The number of halogens is 2. The van der Waals surface area contributed by atoms with E-state index in [0.29, 0.717) is 16.6 Å². The fourth-order valence-electron chi connectivity index (χ4n) is 2.62. The number of amides is 1. The van der Waals surface area contributed by atoms with Gasteiger partial charge in [0.05, 0.1) is 11.1 Å². The minimum absolute atomic E-state index is 0.00969. The van der Waals surface area contributed by atoms with Gasteiger partial charge in [-0.3, -0.25) is 9.78 Å². The van der Waals surface area contributed by atoms with Crippen LogP contribution in [0.1, 0.15) is 30.1 Å². The third-order valence-corrected chi connectivity index (χ3v) is 4.83. The number of carbonyl (C=O) groups excluding carboxylic acids is 1. The summed E-state index contributed by atoms with van der Waals surface area (Å²) in [5.74, 6) is -0.516. The third-order valence-electron chi connectivity index (χ3n) is 3.90. The normalized spacial score (nSPS) is 11.5. The van der Waals surface area contributed by atoms with Crippen molar-refractivity contribution < 1.29 is 9.90 Å². The van der Waals surface area contributed by atoms with Crippen LogP contribution in [0.3, 0.4) is 0 Å². The van der Waals surface area contributed by atoms with Gasteiger partial charge in [-0.15, -0.1) is 10.2 Å². The van der Waals surface area contributed by atoms with E-state index in [4.69, 9.17) is 0 Å². The van der Waals surface area contributed by atoms with Crippen molar-refractivity contribution in [3.63, 3.8) is 0 Å². The predicted molar refractivity (Wildman–Crippen MR) is 107 cm³/mol. The number of rotatable bonds is 5. The maximum atomic E-state index is 12.2. The highest BCUT2D eigenvalue weighted by atomic mass is 79.9. The molecule has 3 aromatic rings. The first-order valence-electron chi connectivity index (χ1n) is 8.08. The summed E-state index contributed by atoms with van der Waals surface area (Å²) in [4.78, 5) is 16.2. The predicted octanol–water partition coefficient (Wildman–Crippen LogP) is 5.99. The van der Waals surface area contributed by atoms with Crippen LogP contribution in [0.5, 0.6) is 5.88 Å². The number of nitrogens with zero attached hydrogens (tertiary/aromatic N) is 4. The maximum absolute atomic E-state index is 12.2. The number of hydrogen-bond acceptors (Lipinski definition) is 4. The molecule has 1 amide bonds. The molecule has 0 saturated heterocycles. The molecule has 8 heteroatoms. The van der Waals surface area contributed by atoms with Crippen LogP contribution in [-0.4, -0.2) is 20.6 Å². The minimum Gasteiger partial charge on any atom is -0.493 e. The standard InChI is InChI=1S/C18H16Br2N4O2/c1-2-3-6-24-15-5-4-12(19)8-14(15)16(18(24)26)22-23-17(25)11-7-13(20)10-21-9-11/h4-5,7-10,26H,2-3,6H2,1H3. The summed E-state index contributed by atoms with van der Waals surface area (Å²) < 4.78 is 3.34. The Morgan fingerprint density at radius 1 is 1.23 bits per heavy atom. The molecule has 0 fully saturated rings. The molecule has 0 saturated carbocycles. The molecule has 0 radical (unpaired) electrons. The maximum Gasteiger partial charge on any atom is 0.297 e. The summed E-state index contributed by atoms with van der Waals surface area (Å²) in [7, 11) is 0. The van der Waals surface area contributed by atoms with Crippen LogP contribution in [0, 0.1) is 0 Å². The van der Waals surface area contributed by atoms with E-state index >= 15 is 0 Å². The van der Waals surface area contributed by atoms with Gasteiger partial charge in [-0.25, -0.2) is 0 Å². The van der Waals surface area contributed by atoms with E-state index in [0.717, 1.165) is 28.2 Å². The molecule has 0 aliphatic carbocycles. The SMILES string of the molecule is CCCCn1c(O)c(N=NC(=O)c2cncc(Br)c2)c2cc(Br)ccc21. The van der Waals surface area contributed by atoms with Gasteiger partial charge >= 0.3 is 0 Å². The lowest BCUT2D eigenvalue weighted by molar-refractivity contribution is 0.0994. The zero-order valence-corrected chi connectivity index (χ0v) is 17.2. The Balaban J connectivity index is 2.02. The summed E-state index contributed by atoms with van der Waals surface area (Å²) in [5, 5.41) is 19.2. The molecular formula is C18H16Br2N4O2. The molecular weight excluding hydrogens is 464 g/mol. The van der Waals surface area contributed by atoms with Crippen molar-refractivity contribution in [1.82, 2.24) is 9.55 Å². The zero-order valence-electron chi connectivity index (χ0n) is 14.0. The van der Waals surface area contributed by atoms with Gasteiger partial charge in [0.1, 0.15) is 0 Å². The van der Waals surface area contributed by atoms with Crippen LogP contribution >= 0.6 is 31.9 Å². The second kappa shape index (κ2) is 8.09. The number of aryl methyl sites for hydroxylation is 1. The fourth-order valence-corrected chi connectivity index (χ4v) is 3.34. The van der Waals surface area contributed by atoms with Crippen molar-refractivity contribution in [2.45, 2.75) is 26.3 Å². The number of hydrogen-bond donors (Lipinski definition) is 1. The largest absolute Gasteiger partial charge is 0.493 e.